The molecule has 2 nitrogen and oxygen atoms in total. The van der Waals surface area contributed by atoms with E-state index in [0.717, 1.165) is 27.7 Å². The number of hydrogen-bond donors (Lipinski definition) is 1. The van der Waals surface area contributed by atoms with Crippen LogP contribution < -0.4 is 5.32 Å². The second-order valence-electron chi connectivity index (χ2n) is 4.59. The summed E-state index contributed by atoms with van der Waals surface area (Å²) in [6, 6.07) is 8.36. The fourth-order valence-corrected chi connectivity index (χ4v) is 3.67. The van der Waals surface area contributed by atoms with Crippen LogP contribution >= 0.6 is 31.9 Å². The van der Waals surface area contributed by atoms with E-state index in [9.17, 15) is 0 Å². The minimum atomic E-state index is 0.834. The molecule has 1 heterocycles. The highest BCUT2D eigenvalue weighted by Crippen LogP contribution is 2.31. The van der Waals surface area contributed by atoms with Crippen LogP contribution in [0.3, 0.4) is 0 Å². The second kappa shape index (κ2) is 6.14. The lowest BCUT2D eigenvalue weighted by atomic mass is 10.2. The molecule has 0 atom stereocenters. The van der Waals surface area contributed by atoms with E-state index in [2.05, 4.69) is 68.6 Å². The van der Waals surface area contributed by atoms with Crippen LogP contribution in [0.25, 0.3) is 0 Å². The average molecular weight is 386 g/mol. The highest BCUT2D eigenvalue weighted by molar-refractivity contribution is 9.11. The molecule has 0 saturated heterocycles. The summed E-state index contributed by atoms with van der Waals surface area (Å²) < 4.78 is 4.49. The summed E-state index contributed by atoms with van der Waals surface area (Å²) in [5.41, 5.74) is 5.12. The molecule has 102 valence electrons. The van der Waals surface area contributed by atoms with Gasteiger partial charge in [0.15, 0.2) is 0 Å². The summed E-state index contributed by atoms with van der Waals surface area (Å²) in [4.78, 5) is 0. The molecule has 0 radical (unpaired) electrons. The van der Waals surface area contributed by atoms with Gasteiger partial charge in [-0.05, 0) is 76.4 Å². The Morgan fingerprint density at radius 2 is 1.79 bits per heavy atom. The van der Waals surface area contributed by atoms with Gasteiger partial charge < -0.3 is 9.88 Å². The van der Waals surface area contributed by atoms with E-state index in [1.54, 1.807) is 0 Å². The average Bonchev–Trinajstić information content (AvgIpc) is 2.63. The van der Waals surface area contributed by atoms with E-state index in [1.807, 2.05) is 18.2 Å². The second-order valence-corrected chi connectivity index (χ2v) is 6.30. The van der Waals surface area contributed by atoms with Crippen molar-refractivity contribution < 1.29 is 0 Å². The minimum absolute atomic E-state index is 0.834. The molecule has 2 aromatic rings. The maximum Gasteiger partial charge on any atom is 0.0631 e. The van der Waals surface area contributed by atoms with Crippen molar-refractivity contribution in [2.75, 3.05) is 5.32 Å². The molecule has 0 aliphatic heterocycles. The van der Waals surface area contributed by atoms with Crippen molar-refractivity contribution >= 4 is 37.5 Å². The number of aromatic nitrogens is 1. The van der Waals surface area contributed by atoms with Crippen molar-refractivity contribution in [3.05, 3.63) is 50.2 Å². The van der Waals surface area contributed by atoms with Crippen LogP contribution in [-0.4, -0.2) is 4.57 Å². The first kappa shape index (κ1) is 14.7. The van der Waals surface area contributed by atoms with Crippen LogP contribution in [0.5, 0.6) is 0 Å². The van der Waals surface area contributed by atoms with Crippen molar-refractivity contribution in [3.8, 4) is 0 Å². The van der Waals surface area contributed by atoms with Gasteiger partial charge in [-0.15, -0.1) is 0 Å². The molecule has 19 heavy (non-hydrogen) atoms. The van der Waals surface area contributed by atoms with Crippen molar-refractivity contribution in [1.82, 2.24) is 4.57 Å². The van der Waals surface area contributed by atoms with Crippen molar-refractivity contribution in [2.45, 2.75) is 33.9 Å². The summed E-state index contributed by atoms with van der Waals surface area (Å²) in [5, 5.41) is 3.50. The number of nitrogens with zero attached hydrogens (tertiary/aromatic N) is 1. The van der Waals surface area contributed by atoms with Crippen LogP contribution in [0.2, 0.25) is 0 Å². The quantitative estimate of drug-likeness (QED) is 0.759. The Balaban J connectivity index is 2.19. The molecule has 4 heteroatoms. The van der Waals surface area contributed by atoms with E-state index in [4.69, 9.17) is 0 Å². The summed E-state index contributed by atoms with van der Waals surface area (Å²) in [7, 11) is 0. The molecule has 0 amide bonds. The number of rotatable bonds is 4. The molecular weight excluding hydrogens is 368 g/mol. The fraction of sp³-hybridized carbons (Fsp3) is 0.333. The molecular formula is C15H18Br2N2. The lowest BCUT2D eigenvalue weighted by Crippen LogP contribution is -2.03. The third-order valence-electron chi connectivity index (χ3n) is 3.41. The molecule has 2 rings (SSSR count). The Morgan fingerprint density at radius 3 is 2.32 bits per heavy atom. The Kier molecular flexibility index (Phi) is 4.74. The van der Waals surface area contributed by atoms with Crippen molar-refractivity contribution in [1.29, 1.82) is 0 Å². The molecule has 0 aliphatic rings. The molecule has 1 aromatic carbocycles. The van der Waals surface area contributed by atoms with E-state index in [1.165, 1.54) is 17.0 Å². The van der Waals surface area contributed by atoms with Gasteiger partial charge in [-0.2, -0.15) is 0 Å². The predicted molar refractivity (Wildman–Crippen MR) is 88.7 cm³/mol. The van der Waals surface area contributed by atoms with Crippen molar-refractivity contribution in [3.63, 3.8) is 0 Å². The predicted octanol–water partition coefficient (Wildman–Crippen LogP) is 5.26. The third-order valence-corrected chi connectivity index (χ3v) is 4.73. The number of anilines is 1. The SMILES string of the molecule is CCn1c(C)cc(CNc2c(Br)cccc2Br)c1C. The zero-order chi connectivity index (χ0) is 14.0. The minimum Gasteiger partial charge on any atom is -0.379 e. The maximum absolute atomic E-state index is 3.57. The molecule has 0 unspecified atom stereocenters. The van der Waals surface area contributed by atoms with E-state index in [-0.39, 0.29) is 0 Å². The Morgan fingerprint density at radius 1 is 1.16 bits per heavy atom. The molecule has 0 bridgehead atoms. The first-order chi connectivity index (χ1) is 9.04. The Labute approximate surface area is 131 Å². The van der Waals surface area contributed by atoms with Gasteiger partial charge in [-0.3, -0.25) is 0 Å². The third kappa shape index (κ3) is 3.06. The van der Waals surface area contributed by atoms with E-state index >= 15 is 0 Å². The molecule has 1 N–H and O–H groups in total. The molecule has 0 aliphatic carbocycles. The monoisotopic (exact) mass is 384 g/mol. The fourth-order valence-electron chi connectivity index (χ4n) is 2.39. The first-order valence-corrected chi connectivity index (χ1v) is 7.96. The molecule has 0 fully saturated rings. The number of aryl methyl sites for hydroxylation is 1. The van der Waals surface area contributed by atoms with Crippen LogP contribution in [0, 0.1) is 13.8 Å². The number of para-hydroxylation sites is 1. The number of nitrogens with one attached hydrogen (secondary N) is 1. The van der Waals surface area contributed by atoms with Gasteiger partial charge in [0.1, 0.15) is 0 Å². The summed E-state index contributed by atoms with van der Waals surface area (Å²) in [5.74, 6) is 0. The lowest BCUT2D eigenvalue weighted by Gasteiger charge is -2.11. The van der Waals surface area contributed by atoms with Gasteiger partial charge in [-0.25, -0.2) is 0 Å². The van der Waals surface area contributed by atoms with Gasteiger partial charge in [-0.1, -0.05) is 6.07 Å². The largest absolute Gasteiger partial charge is 0.379 e. The maximum atomic E-state index is 3.57. The summed E-state index contributed by atoms with van der Waals surface area (Å²) >= 11 is 7.15. The molecule has 1 aromatic heterocycles. The number of hydrogen-bond acceptors (Lipinski definition) is 1. The van der Waals surface area contributed by atoms with E-state index < -0.39 is 0 Å². The van der Waals surface area contributed by atoms with Crippen LogP contribution in [0.4, 0.5) is 5.69 Å². The molecule has 0 spiro atoms. The van der Waals surface area contributed by atoms with Gasteiger partial charge in [0, 0.05) is 33.4 Å². The number of benzene rings is 1. The van der Waals surface area contributed by atoms with Crippen LogP contribution in [0.15, 0.2) is 33.2 Å². The summed E-state index contributed by atoms with van der Waals surface area (Å²) in [6.07, 6.45) is 0. The Bertz CT molecular complexity index is 568. The van der Waals surface area contributed by atoms with Crippen LogP contribution in [0.1, 0.15) is 23.9 Å². The summed E-state index contributed by atoms with van der Waals surface area (Å²) in [6.45, 7) is 8.38. The highest BCUT2D eigenvalue weighted by Gasteiger charge is 2.09. The van der Waals surface area contributed by atoms with Gasteiger partial charge in [0.05, 0.1) is 5.69 Å². The molecule has 0 saturated carbocycles. The zero-order valence-corrected chi connectivity index (χ0v) is 14.6. The Hall–Kier alpha value is -0.740. The van der Waals surface area contributed by atoms with Gasteiger partial charge in [0.25, 0.3) is 0 Å². The number of halogens is 2. The zero-order valence-electron chi connectivity index (χ0n) is 11.4. The normalized spacial score (nSPS) is 10.8. The van der Waals surface area contributed by atoms with E-state index in [0.29, 0.717) is 0 Å². The van der Waals surface area contributed by atoms with Crippen molar-refractivity contribution in [2.24, 2.45) is 0 Å². The first-order valence-electron chi connectivity index (χ1n) is 6.38. The highest BCUT2D eigenvalue weighted by atomic mass is 79.9. The standard InChI is InChI=1S/C15H18Br2N2/c1-4-19-10(2)8-12(11(19)3)9-18-15-13(16)6-5-7-14(15)17/h5-8,18H,4,9H2,1-3H3. The smallest absolute Gasteiger partial charge is 0.0631 e. The van der Waals surface area contributed by atoms with Gasteiger partial charge >= 0.3 is 0 Å². The van der Waals surface area contributed by atoms with Gasteiger partial charge in [0.2, 0.25) is 0 Å². The van der Waals surface area contributed by atoms with Crippen LogP contribution in [-0.2, 0) is 13.1 Å². The lowest BCUT2D eigenvalue weighted by molar-refractivity contribution is 0.715. The topological polar surface area (TPSA) is 17.0 Å².